The van der Waals surface area contributed by atoms with Crippen LogP contribution in [0.5, 0.6) is 0 Å². The fraction of sp³-hybridized carbons (Fsp3) is 0.524. The lowest BCUT2D eigenvalue weighted by molar-refractivity contribution is 0.000923. The number of rotatable bonds is 6. The number of aromatic amines is 1. The summed E-state index contributed by atoms with van der Waals surface area (Å²) in [6.45, 7) is 8.75. The fourth-order valence-electron chi connectivity index (χ4n) is 4.20. The van der Waals surface area contributed by atoms with E-state index in [1.165, 1.54) is 0 Å². The Labute approximate surface area is 177 Å². The molecule has 4 rings (SSSR count). The van der Waals surface area contributed by atoms with Crippen LogP contribution in [0.4, 0.5) is 0 Å². The van der Waals surface area contributed by atoms with Crippen molar-refractivity contribution in [3.63, 3.8) is 0 Å². The van der Waals surface area contributed by atoms with E-state index in [0.29, 0.717) is 13.2 Å². The lowest BCUT2D eigenvalue weighted by Gasteiger charge is -2.43. The van der Waals surface area contributed by atoms with E-state index in [4.69, 9.17) is 15.6 Å². The van der Waals surface area contributed by atoms with Crippen LogP contribution in [0, 0.1) is 0 Å². The number of H-pyrrole nitrogens is 1. The zero-order valence-electron chi connectivity index (χ0n) is 18.2. The van der Waals surface area contributed by atoms with Gasteiger partial charge in [0.1, 0.15) is 17.7 Å². The quantitative estimate of drug-likeness (QED) is 0.484. The molecule has 3 aliphatic rings. The number of hydrogen-bond donors (Lipinski definition) is 3. The maximum atomic E-state index is 6.18. The number of nitrogens with one attached hydrogen (secondary N) is 2. The average molecular weight is 413 g/mol. The molecule has 9 nitrogen and oxygen atoms in total. The van der Waals surface area contributed by atoms with Crippen molar-refractivity contribution in [3.05, 3.63) is 47.4 Å². The number of hydrogen-bond acceptors (Lipinski definition) is 8. The molecule has 0 aromatic carbocycles. The second-order valence-electron chi connectivity index (χ2n) is 7.83. The van der Waals surface area contributed by atoms with Gasteiger partial charge in [0.2, 0.25) is 0 Å². The first-order chi connectivity index (χ1) is 14.5. The number of aliphatic imine (C=N–C) groups is 1. The lowest BCUT2D eigenvalue weighted by Crippen LogP contribution is -2.50. The van der Waals surface area contributed by atoms with Gasteiger partial charge in [-0.25, -0.2) is 10.8 Å². The molecule has 0 aliphatic carbocycles. The van der Waals surface area contributed by atoms with Gasteiger partial charge in [-0.05, 0) is 25.8 Å². The van der Waals surface area contributed by atoms with Gasteiger partial charge in [-0.3, -0.25) is 10.00 Å². The number of fused-ring (bicyclic) bond motifs is 1. The highest BCUT2D eigenvalue weighted by molar-refractivity contribution is 6.09. The number of hydrazine groups is 1. The Morgan fingerprint density at radius 1 is 1.43 bits per heavy atom. The van der Waals surface area contributed by atoms with E-state index >= 15 is 0 Å². The maximum absolute atomic E-state index is 6.18. The summed E-state index contributed by atoms with van der Waals surface area (Å²) in [4.78, 5) is 9.80. The van der Waals surface area contributed by atoms with Crippen LogP contribution >= 0.6 is 0 Å². The third-order valence-corrected chi connectivity index (χ3v) is 5.67. The predicted octanol–water partition coefficient (Wildman–Crippen LogP) is 1.79. The van der Waals surface area contributed by atoms with Crippen molar-refractivity contribution >= 4 is 11.4 Å². The van der Waals surface area contributed by atoms with Gasteiger partial charge in [0.25, 0.3) is 0 Å². The summed E-state index contributed by atoms with van der Waals surface area (Å²) in [6, 6.07) is 2.24. The molecule has 0 amide bonds. The van der Waals surface area contributed by atoms with Crippen molar-refractivity contribution in [2.75, 3.05) is 26.8 Å². The molecule has 1 unspecified atom stereocenters. The van der Waals surface area contributed by atoms with Gasteiger partial charge in [0.05, 0.1) is 36.4 Å². The third-order valence-electron chi connectivity index (χ3n) is 5.67. The molecule has 0 saturated carbocycles. The van der Waals surface area contributed by atoms with Gasteiger partial charge in [0.15, 0.2) is 5.82 Å². The van der Waals surface area contributed by atoms with E-state index < -0.39 is 0 Å². The topological polar surface area (TPSA) is 98.0 Å². The molecule has 1 aromatic heterocycles. The highest BCUT2D eigenvalue weighted by Crippen LogP contribution is 2.37. The summed E-state index contributed by atoms with van der Waals surface area (Å²) in [5.41, 5.74) is 3.65. The molecular formula is C21H32N8O. The monoisotopic (exact) mass is 412 g/mol. The van der Waals surface area contributed by atoms with Crippen LogP contribution in [-0.4, -0.2) is 69.7 Å². The average Bonchev–Trinajstić information content (AvgIpc) is 3.39. The Hall–Kier alpha value is -2.78. The van der Waals surface area contributed by atoms with Crippen molar-refractivity contribution in [1.82, 2.24) is 30.3 Å². The standard InChI is InChI=1S/C21H32N8O/c1-5-7-17(27(4)22)16-12-19(28-10-11-30-13-14(28)3)29-18(6-2)25-20(21(29)24-16)15-8-9-23-26-15/h7-9,12,14,18,25H,5-6,10-11,13,22H2,1-4H3,(H,23,26)/b17-7-/t14-,18?/m1/s1. The molecule has 9 heteroatoms. The third kappa shape index (κ3) is 3.59. The van der Waals surface area contributed by atoms with E-state index in [9.17, 15) is 0 Å². The van der Waals surface area contributed by atoms with Crippen LogP contribution in [-0.2, 0) is 4.74 Å². The van der Waals surface area contributed by atoms with Gasteiger partial charge in [0, 0.05) is 25.9 Å². The SMILES string of the molecule is CC/C=C(/C1=NC2=C(c3ccn[nH]3)NC(CC)N2C(N2CCOC[C@H]2C)=C1)N(C)N. The van der Waals surface area contributed by atoms with Crippen molar-refractivity contribution in [3.8, 4) is 0 Å². The molecule has 0 radical (unpaired) electrons. The number of allylic oxidation sites excluding steroid dienone is 2. The van der Waals surface area contributed by atoms with E-state index in [0.717, 1.165) is 53.8 Å². The van der Waals surface area contributed by atoms with Crippen LogP contribution in [0.25, 0.3) is 5.70 Å². The molecule has 0 spiro atoms. The lowest BCUT2D eigenvalue weighted by atomic mass is 10.1. The van der Waals surface area contributed by atoms with Crippen LogP contribution < -0.4 is 11.2 Å². The van der Waals surface area contributed by atoms with E-state index in [2.05, 4.69) is 58.2 Å². The molecule has 4 heterocycles. The first kappa shape index (κ1) is 20.5. The highest BCUT2D eigenvalue weighted by Gasteiger charge is 2.40. The van der Waals surface area contributed by atoms with Crippen LogP contribution in [0.3, 0.4) is 0 Å². The molecule has 30 heavy (non-hydrogen) atoms. The summed E-state index contributed by atoms with van der Waals surface area (Å²) < 4.78 is 5.70. The molecule has 1 fully saturated rings. The number of aromatic nitrogens is 2. The zero-order chi connectivity index (χ0) is 21.3. The second kappa shape index (κ2) is 8.53. The Bertz CT molecular complexity index is 883. The second-order valence-corrected chi connectivity index (χ2v) is 7.83. The Kier molecular flexibility index (Phi) is 5.83. The summed E-state index contributed by atoms with van der Waals surface area (Å²) in [6.07, 6.45) is 7.95. The van der Waals surface area contributed by atoms with Crippen LogP contribution in [0.1, 0.15) is 39.3 Å². The van der Waals surface area contributed by atoms with E-state index in [-0.39, 0.29) is 12.2 Å². The summed E-state index contributed by atoms with van der Waals surface area (Å²) >= 11 is 0. The highest BCUT2D eigenvalue weighted by atomic mass is 16.5. The van der Waals surface area contributed by atoms with Crippen molar-refractivity contribution in [2.45, 2.75) is 45.8 Å². The zero-order valence-corrected chi connectivity index (χ0v) is 18.2. The van der Waals surface area contributed by atoms with Crippen LogP contribution in [0.2, 0.25) is 0 Å². The summed E-state index contributed by atoms with van der Waals surface area (Å²) in [7, 11) is 1.85. The molecule has 4 N–H and O–H groups in total. The summed E-state index contributed by atoms with van der Waals surface area (Å²) in [5, 5.41) is 12.5. The molecule has 3 aliphatic heterocycles. The molecule has 1 saturated heterocycles. The molecule has 2 atom stereocenters. The number of ether oxygens (including phenoxy) is 1. The van der Waals surface area contributed by atoms with Crippen molar-refractivity contribution < 1.29 is 4.74 Å². The van der Waals surface area contributed by atoms with Gasteiger partial charge in [-0.15, -0.1) is 0 Å². The van der Waals surface area contributed by atoms with Gasteiger partial charge >= 0.3 is 0 Å². The smallest absolute Gasteiger partial charge is 0.162 e. The van der Waals surface area contributed by atoms with Crippen molar-refractivity contribution in [1.29, 1.82) is 0 Å². The first-order valence-electron chi connectivity index (χ1n) is 10.7. The minimum atomic E-state index is 0.110. The van der Waals surface area contributed by atoms with Crippen LogP contribution in [0.15, 0.2) is 46.7 Å². The maximum Gasteiger partial charge on any atom is 0.162 e. The van der Waals surface area contributed by atoms with Gasteiger partial charge in [-0.2, -0.15) is 5.10 Å². The molecule has 162 valence electrons. The minimum absolute atomic E-state index is 0.110. The fourth-order valence-corrected chi connectivity index (χ4v) is 4.20. The van der Waals surface area contributed by atoms with E-state index in [1.54, 1.807) is 11.2 Å². The largest absolute Gasteiger partial charge is 0.377 e. The first-order valence-corrected chi connectivity index (χ1v) is 10.7. The number of morpholine rings is 1. The minimum Gasteiger partial charge on any atom is -0.377 e. The molecule has 0 bridgehead atoms. The Morgan fingerprint density at radius 3 is 2.90 bits per heavy atom. The van der Waals surface area contributed by atoms with E-state index in [1.807, 2.05) is 13.1 Å². The number of nitrogens with zero attached hydrogens (tertiary/aromatic N) is 5. The van der Waals surface area contributed by atoms with Gasteiger partial charge in [-0.1, -0.05) is 19.9 Å². The Morgan fingerprint density at radius 2 is 2.27 bits per heavy atom. The molecular weight excluding hydrogens is 380 g/mol. The Balaban J connectivity index is 1.87. The molecule has 1 aromatic rings. The summed E-state index contributed by atoms with van der Waals surface area (Å²) in [5.74, 6) is 8.20. The van der Waals surface area contributed by atoms with Crippen molar-refractivity contribution in [2.24, 2.45) is 10.8 Å². The normalized spacial score (nSPS) is 24.5. The number of nitrogens with two attached hydrogens (primary N) is 1. The van der Waals surface area contributed by atoms with Gasteiger partial charge < -0.3 is 20.0 Å². The predicted molar refractivity (Wildman–Crippen MR) is 117 cm³/mol.